The summed E-state index contributed by atoms with van der Waals surface area (Å²) in [7, 11) is 3.96. The van der Waals surface area contributed by atoms with Crippen molar-refractivity contribution in [2.45, 2.75) is 19.3 Å². The second-order valence-corrected chi connectivity index (χ2v) is 6.47. The van der Waals surface area contributed by atoms with Crippen molar-refractivity contribution in [2.24, 2.45) is 0 Å². The summed E-state index contributed by atoms with van der Waals surface area (Å²) in [6, 6.07) is 15.2. The molecule has 0 aliphatic rings. The molecule has 0 aliphatic heterocycles. The Morgan fingerprint density at radius 2 is 1.73 bits per heavy atom. The molecule has 1 N–H and O–H groups in total. The molecule has 2 aromatic carbocycles. The highest BCUT2D eigenvalue weighted by Crippen LogP contribution is 2.27. The van der Waals surface area contributed by atoms with Gasteiger partial charge in [-0.25, -0.2) is 0 Å². The summed E-state index contributed by atoms with van der Waals surface area (Å²) < 4.78 is 0. The van der Waals surface area contributed by atoms with Crippen LogP contribution in [0.4, 0.5) is 11.4 Å². The number of rotatable bonds is 4. The van der Waals surface area contributed by atoms with Crippen LogP contribution in [0.1, 0.15) is 19.4 Å². The van der Waals surface area contributed by atoms with E-state index in [2.05, 4.69) is 5.32 Å². The van der Waals surface area contributed by atoms with Gasteiger partial charge < -0.3 is 10.2 Å². The topological polar surface area (TPSA) is 32.3 Å². The standard InChI is InChI=1S/C18H21ClN2O/c1-18(2,13-6-5-7-14(19)12-13)17(22)20-15-8-10-16(11-9-15)21(3)4/h5-12H,1-4H3,(H,20,22). The van der Waals surface area contributed by atoms with Crippen molar-refractivity contribution in [1.82, 2.24) is 0 Å². The zero-order chi connectivity index (χ0) is 16.3. The van der Waals surface area contributed by atoms with Crippen LogP contribution in [0, 0.1) is 0 Å². The molecule has 2 rings (SSSR count). The lowest BCUT2D eigenvalue weighted by molar-refractivity contribution is -0.120. The van der Waals surface area contributed by atoms with E-state index in [4.69, 9.17) is 11.6 Å². The Kier molecular flexibility index (Phi) is 4.77. The number of halogens is 1. The lowest BCUT2D eigenvalue weighted by atomic mass is 9.83. The minimum absolute atomic E-state index is 0.0626. The van der Waals surface area contributed by atoms with Gasteiger partial charge in [0.05, 0.1) is 5.41 Å². The molecule has 0 aliphatic carbocycles. The fourth-order valence-electron chi connectivity index (χ4n) is 2.14. The molecule has 116 valence electrons. The van der Waals surface area contributed by atoms with Crippen LogP contribution < -0.4 is 10.2 Å². The average Bonchev–Trinajstić information content (AvgIpc) is 2.47. The summed E-state index contributed by atoms with van der Waals surface area (Å²) in [5.41, 5.74) is 2.10. The summed E-state index contributed by atoms with van der Waals surface area (Å²) in [4.78, 5) is 14.6. The molecule has 0 spiro atoms. The fourth-order valence-corrected chi connectivity index (χ4v) is 2.33. The number of benzene rings is 2. The van der Waals surface area contributed by atoms with E-state index < -0.39 is 5.41 Å². The van der Waals surface area contributed by atoms with Crippen LogP contribution in [-0.4, -0.2) is 20.0 Å². The van der Waals surface area contributed by atoms with Crippen LogP contribution in [0.15, 0.2) is 48.5 Å². The molecule has 2 aromatic rings. The summed E-state index contributed by atoms with van der Waals surface area (Å²) in [5.74, 6) is -0.0626. The molecule has 1 amide bonds. The zero-order valence-electron chi connectivity index (χ0n) is 13.4. The second kappa shape index (κ2) is 6.41. The highest BCUT2D eigenvalue weighted by atomic mass is 35.5. The van der Waals surface area contributed by atoms with Gasteiger partial charge >= 0.3 is 0 Å². The molecule has 4 heteroatoms. The minimum atomic E-state index is -0.662. The van der Waals surface area contributed by atoms with E-state index in [-0.39, 0.29) is 5.91 Å². The Balaban J connectivity index is 2.17. The van der Waals surface area contributed by atoms with E-state index in [0.29, 0.717) is 5.02 Å². The van der Waals surface area contributed by atoms with E-state index in [1.165, 1.54) is 0 Å². The Labute approximate surface area is 136 Å². The van der Waals surface area contributed by atoms with Gasteiger partial charge in [0.25, 0.3) is 0 Å². The summed E-state index contributed by atoms with van der Waals surface area (Å²) in [5, 5.41) is 3.60. The minimum Gasteiger partial charge on any atom is -0.378 e. The average molecular weight is 317 g/mol. The van der Waals surface area contributed by atoms with Gasteiger partial charge in [-0.1, -0.05) is 23.7 Å². The number of carbonyl (C=O) groups excluding carboxylic acids is 1. The highest BCUT2D eigenvalue weighted by molar-refractivity contribution is 6.30. The molecular formula is C18H21ClN2O. The van der Waals surface area contributed by atoms with Gasteiger partial charge in [0.15, 0.2) is 0 Å². The van der Waals surface area contributed by atoms with Crippen molar-refractivity contribution in [1.29, 1.82) is 0 Å². The fraction of sp³-hybridized carbons (Fsp3) is 0.278. The molecule has 0 radical (unpaired) electrons. The lowest BCUT2D eigenvalue weighted by Crippen LogP contribution is -2.34. The largest absolute Gasteiger partial charge is 0.378 e. The maximum absolute atomic E-state index is 12.6. The first-order valence-electron chi connectivity index (χ1n) is 7.15. The van der Waals surface area contributed by atoms with Crippen LogP contribution >= 0.6 is 11.6 Å². The van der Waals surface area contributed by atoms with Crippen LogP contribution in [0.2, 0.25) is 5.02 Å². The molecular weight excluding hydrogens is 296 g/mol. The molecule has 0 atom stereocenters. The smallest absolute Gasteiger partial charge is 0.234 e. The van der Waals surface area contributed by atoms with Gasteiger partial charge in [-0.15, -0.1) is 0 Å². The van der Waals surface area contributed by atoms with Crippen molar-refractivity contribution in [2.75, 3.05) is 24.3 Å². The predicted molar refractivity (Wildman–Crippen MR) is 93.9 cm³/mol. The van der Waals surface area contributed by atoms with Crippen LogP contribution in [0.5, 0.6) is 0 Å². The van der Waals surface area contributed by atoms with Crippen LogP contribution in [0.25, 0.3) is 0 Å². The zero-order valence-corrected chi connectivity index (χ0v) is 14.1. The maximum Gasteiger partial charge on any atom is 0.234 e. The van der Waals surface area contributed by atoms with Crippen molar-refractivity contribution in [3.05, 3.63) is 59.1 Å². The molecule has 22 heavy (non-hydrogen) atoms. The van der Waals surface area contributed by atoms with E-state index in [0.717, 1.165) is 16.9 Å². The van der Waals surface area contributed by atoms with Gasteiger partial charge in [0.1, 0.15) is 0 Å². The van der Waals surface area contributed by atoms with E-state index in [1.54, 1.807) is 6.07 Å². The number of amides is 1. The molecule has 0 bridgehead atoms. The molecule has 3 nitrogen and oxygen atoms in total. The van der Waals surface area contributed by atoms with Crippen LogP contribution in [-0.2, 0) is 10.2 Å². The quantitative estimate of drug-likeness (QED) is 0.911. The maximum atomic E-state index is 12.6. The number of hydrogen-bond acceptors (Lipinski definition) is 2. The molecule has 0 aromatic heterocycles. The molecule has 0 saturated heterocycles. The van der Waals surface area contributed by atoms with E-state index in [1.807, 2.05) is 75.3 Å². The Morgan fingerprint density at radius 3 is 2.27 bits per heavy atom. The third kappa shape index (κ3) is 3.60. The van der Waals surface area contributed by atoms with Crippen LogP contribution in [0.3, 0.4) is 0 Å². The third-order valence-corrected chi connectivity index (χ3v) is 3.99. The van der Waals surface area contributed by atoms with Crippen molar-refractivity contribution < 1.29 is 4.79 Å². The number of carbonyl (C=O) groups is 1. The summed E-state index contributed by atoms with van der Waals surface area (Å²) in [6.07, 6.45) is 0. The van der Waals surface area contributed by atoms with Crippen molar-refractivity contribution >= 4 is 28.9 Å². The highest BCUT2D eigenvalue weighted by Gasteiger charge is 2.30. The van der Waals surface area contributed by atoms with Crippen molar-refractivity contribution in [3.63, 3.8) is 0 Å². The number of hydrogen-bond donors (Lipinski definition) is 1. The first-order chi connectivity index (χ1) is 10.3. The van der Waals surface area contributed by atoms with E-state index >= 15 is 0 Å². The number of anilines is 2. The monoisotopic (exact) mass is 316 g/mol. The van der Waals surface area contributed by atoms with E-state index in [9.17, 15) is 4.79 Å². The van der Waals surface area contributed by atoms with Gasteiger partial charge in [0, 0.05) is 30.5 Å². The lowest BCUT2D eigenvalue weighted by Gasteiger charge is -2.24. The third-order valence-electron chi connectivity index (χ3n) is 3.76. The Morgan fingerprint density at radius 1 is 1.09 bits per heavy atom. The van der Waals surface area contributed by atoms with Gasteiger partial charge in [-0.3, -0.25) is 4.79 Å². The molecule has 0 unspecified atom stereocenters. The van der Waals surface area contributed by atoms with Gasteiger partial charge in [0.2, 0.25) is 5.91 Å². The summed E-state index contributed by atoms with van der Waals surface area (Å²) in [6.45, 7) is 3.78. The molecule has 0 saturated carbocycles. The Bertz CT molecular complexity index is 663. The summed E-state index contributed by atoms with van der Waals surface area (Å²) >= 11 is 6.03. The van der Waals surface area contributed by atoms with Crippen molar-refractivity contribution in [3.8, 4) is 0 Å². The van der Waals surface area contributed by atoms with Gasteiger partial charge in [-0.2, -0.15) is 0 Å². The van der Waals surface area contributed by atoms with Gasteiger partial charge in [-0.05, 0) is 55.8 Å². The molecule has 0 fully saturated rings. The SMILES string of the molecule is CN(C)c1ccc(NC(=O)C(C)(C)c2cccc(Cl)c2)cc1. The normalized spacial score (nSPS) is 11.1. The first-order valence-corrected chi connectivity index (χ1v) is 7.53. The first kappa shape index (κ1) is 16.4. The number of nitrogens with one attached hydrogen (secondary N) is 1. The second-order valence-electron chi connectivity index (χ2n) is 6.03. The number of nitrogens with zero attached hydrogens (tertiary/aromatic N) is 1. The Hall–Kier alpha value is -2.00. The molecule has 0 heterocycles. The predicted octanol–water partition coefficient (Wildman–Crippen LogP) is 4.32.